The second kappa shape index (κ2) is 7.43. The predicted octanol–water partition coefficient (Wildman–Crippen LogP) is 2.83. The minimum atomic E-state index is -3.02. The van der Waals surface area contributed by atoms with Gasteiger partial charge in [-0.2, -0.15) is 14.0 Å². The van der Waals surface area contributed by atoms with Crippen molar-refractivity contribution in [1.82, 2.24) is 0 Å². The fraction of sp³-hybridized carbons (Fsp3) is 0.429. The highest BCUT2D eigenvalue weighted by Gasteiger charge is 2.20. The molecular formula is C14H15F2NO3. The van der Waals surface area contributed by atoms with Crippen LogP contribution in [0.25, 0.3) is 0 Å². The van der Waals surface area contributed by atoms with E-state index in [4.69, 9.17) is 10.00 Å². The molecule has 0 unspecified atom stereocenters. The number of nitrogens with zero attached hydrogens (tertiary/aromatic N) is 1. The van der Waals surface area contributed by atoms with Crippen LogP contribution >= 0.6 is 0 Å². The Bertz CT molecular complexity index is 524. The van der Waals surface area contributed by atoms with Gasteiger partial charge in [-0.05, 0) is 25.0 Å². The van der Waals surface area contributed by atoms with Gasteiger partial charge in [-0.3, -0.25) is 4.79 Å². The summed E-state index contributed by atoms with van der Waals surface area (Å²) in [7, 11) is 0. The quantitative estimate of drug-likeness (QED) is 0.753. The van der Waals surface area contributed by atoms with E-state index < -0.39 is 12.6 Å². The Morgan fingerprint density at radius 1 is 1.40 bits per heavy atom. The van der Waals surface area contributed by atoms with Gasteiger partial charge in [0.15, 0.2) is 0 Å². The predicted molar refractivity (Wildman–Crippen MR) is 67.5 cm³/mol. The second-order valence-electron chi connectivity index (χ2n) is 3.91. The van der Waals surface area contributed by atoms with Gasteiger partial charge in [0.05, 0.1) is 24.7 Å². The van der Waals surface area contributed by atoms with Crippen LogP contribution in [-0.2, 0) is 22.4 Å². The topological polar surface area (TPSA) is 59.3 Å². The SMILES string of the molecule is CCOC(=O)Cc1c(C#N)ccc(CC)c1OC(F)F. The zero-order valence-electron chi connectivity index (χ0n) is 11.3. The zero-order valence-corrected chi connectivity index (χ0v) is 11.3. The molecule has 0 spiro atoms. The molecule has 0 N–H and O–H groups in total. The standard InChI is InChI=1S/C14H15F2NO3/c1-3-9-5-6-10(8-17)11(7-12(18)19-4-2)13(9)20-14(15)16/h5-6,14H,3-4,7H2,1-2H3. The van der Waals surface area contributed by atoms with Crippen molar-refractivity contribution in [2.24, 2.45) is 0 Å². The van der Waals surface area contributed by atoms with Crippen LogP contribution in [-0.4, -0.2) is 19.2 Å². The fourth-order valence-corrected chi connectivity index (χ4v) is 1.83. The Kier molecular flexibility index (Phi) is 5.91. The monoisotopic (exact) mass is 283 g/mol. The van der Waals surface area contributed by atoms with Crippen LogP contribution in [0.4, 0.5) is 8.78 Å². The Morgan fingerprint density at radius 2 is 2.10 bits per heavy atom. The van der Waals surface area contributed by atoms with E-state index >= 15 is 0 Å². The van der Waals surface area contributed by atoms with Gasteiger partial charge in [-0.25, -0.2) is 0 Å². The van der Waals surface area contributed by atoms with E-state index in [-0.39, 0.29) is 29.9 Å². The smallest absolute Gasteiger partial charge is 0.387 e. The molecule has 0 heterocycles. The molecule has 108 valence electrons. The fourth-order valence-electron chi connectivity index (χ4n) is 1.83. The summed E-state index contributed by atoms with van der Waals surface area (Å²) in [6.45, 7) is 0.574. The molecule has 0 saturated carbocycles. The van der Waals surface area contributed by atoms with Gasteiger partial charge in [0, 0.05) is 5.56 Å². The number of hydrogen-bond acceptors (Lipinski definition) is 4. The lowest BCUT2D eigenvalue weighted by molar-refractivity contribution is -0.142. The number of halogens is 2. The van der Waals surface area contributed by atoms with Crippen molar-refractivity contribution < 1.29 is 23.0 Å². The second-order valence-corrected chi connectivity index (χ2v) is 3.91. The maximum atomic E-state index is 12.5. The normalized spacial score (nSPS) is 10.2. The van der Waals surface area contributed by atoms with Crippen LogP contribution in [0.3, 0.4) is 0 Å². The Morgan fingerprint density at radius 3 is 2.60 bits per heavy atom. The molecule has 1 rings (SSSR count). The number of hydrogen-bond donors (Lipinski definition) is 0. The summed E-state index contributed by atoms with van der Waals surface area (Å²) in [6.07, 6.45) is 0.177. The third-order valence-corrected chi connectivity index (χ3v) is 2.68. The van der Waals surface area contributed by atoms with Crippen molar-refractivity contribution in [1.29, 1.82) is 5.26 Å². The summed E-state index contributed by atoms with van der Waals surface area (Å²) in [6, 6.07) is 4.91. The number of nitriles is 1. The molecule has 0 saturated heterocycles. The van der Waals surface area contributed by atoms with Crippen LogP contribution in [0.2, 0.25) is 0 Å². The average Bonchev–Trinajstić information content (AvgIpc) is 2.40. The Labute approximate surface area is 115 Å². The molecule has 0 radical (unpaired) electrons. The van der Waals surface area contributed by atoms with Crippen LogP contribution < -0.4 is 4.74 Å². The molecule has 0 aliphatic rings. The molecule has 1 aromatic rings. The van der Waals surface area contributed by atoms with Crippen molar-refractivity contribution in [3.8, 4) is 11.8 Å². The summed E-state index contributed by atoms with van der Waals surface area (Å²) < 4.78 is 34.3. The third-order valence-electron chi connectivity index (χ3n) is 2.68. The maximum Gasteiger partial charge on any atom is 0.387 e. The molecule has 0 fully saturated rings. The number of alkyl halides is 2. The van der Waals surface area contributed by atoms with Crippen molar-refractivity contribution in [2.45, 2.75) is 33.3 Å². The minimum Gasteiger partial charge on any atom is -0.466 e. The molecule has 0 aromatic heterocycles. The molecular weight excluding hydrogens is 268 g/mol. The zero-order chi connectivity index (χ0) is 15.1. The number of esters is 1. The first-order valence-electron chi connectivity index (χ1n) is 6.18. The first-order valence-corrected chi connectivity index (χ1v) is 6.18. The largest absolute Gasteiger partial charge is 0.466 e. The van der Waals surface area contributed by atoms with E-state index in [0.29, 0.717) is 12.0 Å². The molecule has 6 heteroatoms. The number of rotatable bonds is 6. The van der Waals surface area contributed by atoms with Crippen LogP contribution in [0.15, 0.2) is 12.1 Å². The number of aryl methyl sites for hydroxylation is 1. The van der Waals surface area contributed by atoms with E-state index in [0.717, 1.165) is 0 Å². The van der Waals surface area contributed by atoms with Gasteiger partial charge in [-0.15, -0.1) is 0 Å². The van der Waals surface area contributed by atoms with Gasteiger partial charge >= 0.3 is 12.6 Å². The first-order chi connectivity index (χ1) is 9.53. The van der Waals surface area contributed by atoms with E-state index in [1.807, 2.05) is 6.07 Å². The van der Waals surface area contributed by atoms with Crippen molar-refractivity contribution in [3.63, 3.8) is 0 Å². The number of benzene rings is 1. The van der Waals surface area contributed by atoms with Crippen LogP contribution in [0.5, 0.6) is 5.75 Å². The summed E-state index contributed by atoms with van der Waals surface area (Å²) >= 11 is 0. The molecule has 0 aliphatic heterocycles. The van der Waals surface area contributed by atoms with Gasteiger partial charge in [-0.1, -0.05) is 13.0 Å². The lowest BCUT2D eigenvalue weighted by Gasteiger charge is -2.15. The molecule has 0 bridgehead atoms. The molecule has 4 nitrogen and oxygen atoms in total. The Balaban J connectivity index is 3.27. The maximum absolute atomic E-state index is 12.5. The van der Waals surface area contributed by atoms with E-state index in [1.54, 1.807) is 19.9 Å². The molecule has 20 heavy (non-hydrogen) atoms. The van der Waals surface area contributed by atoms with E-state index in [2.05, 4.69) is 4.74 Å². The van der Waals surface area contributed by atoms with Crippen molar-refractivity contribution >= 4 is 5.97 Å². The Hall–Kier alpha value is -2.16. The summed E-state index contributed by atoms with van der Waals surface area (Å²) in [5.41, 5.74) is 0.792. The number of ether oxygens (including phenoxy) is 2. The lowest BCUT2D eigenvalue weighted by atomic mass is 9.99. The molecule has 0 atom stereocenters. The first kappa shape index (κ1) is 15.9. The van der Waals surface area contributed by atoms with Gasteiger partial charge in [0.1, 0.15) is 5.75 Å². The number of carbonyl (C=O) groups is 1. The van der Waals surface area contributed by atoms with Gasteiger partial charge in [0.25, 0.3) is 0 Å². The molecule has 1 aromatic carbocycles. The van der Waals surface area contributed by atoms with E-state index in [9.17, 15) is 13.6 Å². The lowest BCUT2D eigenvalue weighted by Crippen LogP contribution is -2.13. The highest BCUT2D eigenvalue weighted by atomic mass is 19.3. The molecule has 0 amide bonds. The minimum absolute atomic E-state index is 0.102. The van der Waals surface area contributed by atoms with Crippen molar-refractivity contribution in [3.05, 3.63) is 28.8 Å². The van der Waals surface area contributed by atoms with Gasteiger partial charge < -0.3 is 9.47 Å². The highest BCUT2D eigenvalue weighted by Crippen LogP contribution is 2.30. The van der Waals surface area contributed by atoms with Crippen LogP contribution in [0, 0.1) is 11.3 Å². The summed E-state index contributed by atoms with van der Waals surface area (Å²) in [5, 5.41) is 9.04. The molecule has 0 aliphatic carbocycles. The highest BCUT2D eigenvalue weighted by molar-refractivity contribution is 5.75. The number of carbonyl (C=O) groups excluding carboxylic acids is 1. The van der Waals surface area contributed by atoms with E-state index in [1.165, 1.54) is 6.07 Å². The van der Waals surface area contributed by atoms with Gasteiger partial charge in [0.2, 0.25) is 0 Å². The third kappa shape index (κ3) is 3.92. The summed E-state index contributed by atoms with van der Waals surface area (Å²) in [4.78, 5) is 11.5. The average molecular weight is 283 g/mol. The van der Waals surface area contributed by atoms with Crippen LogP contribution in [0.1, 0.15) is 30.5 Å². The summed E-state index contributed by atoms with van der Waals surface area (Å²) in [5.74, 6) is -0.689. The van der Waals surface area contributed by atoms with Crippen molar-refractivity contribution in [2.75, 3.05) is 6.61 Å².